The third-order valence-corrected chi connectivity index (χ3v) is 5.02. The van der Waals surface area contributed by atoms with Gasteiger partial charge in [0.2, 0.25) is 0 Å². The predicted molar refractivity (Wildman–Crippen MR) is 104 cm³/mol. The number of thiol groups is 1. The molecule has 0 saturated carbocycles. The molecular weight excluding hydrogens is 296 g/mol. The van der Waals surface area contributed by atoms with E-state index in [4.69, 9.17) is 12.6 Å². The molecule has 0 atom stereocenters. The van der Waals surface area contributed by atoms with Crippen LogP contribution in [0.25, 0.3) is 22.3 Å². The molecule has 0 aliphatic carbocycles. The van der Waals surface area contributed by atoms with Crippen molar-refractivity contribution in [2.75, 3.05) is 0 Å². The predicted octanol–water partition coefficient (Wildman–Crippen LogP) is 6.54. The summed E-state index contributed by atoms with van der Waals surface area (Å²) in [5.41, 5.74) is 10.2. The molecule has 0 nitrogen and oxygen atoms in total. The molecule has 0 N–H and O–H groups in total. The van der Waals surface area contributed by atoms with Crippen LogP contribution in [-0.2, 0) is 0 Å². The van der Waals surface area contributed by atoms with Gasteiger partial charge in [0, 0.05) is 4.90 Å². The summed E-state index contributed by atoms with van der Waals surface area (Å²) in [7, 11) is 0. The summed E-state index contributed by atoms with van der Waals surface area (Å²) in [4.78, 5) is 1.06. The minimum atomic E-state index is 1.06. The van der Waals surface area contributed by atoms with E-state index in [1.165, 1.54) is 44.5 Å². The van der Waals surface area contributed by atoms with E-state index in [2.05, 4.69) is 82.3 Å². The molecule has 0 aromatic heterocycles. The molecule has 0 radical (unpaired) electrons. The first kappa shape index (κ1) is 15.9. The number of hydrogen-bond acceptors (Lipinski definition) is 1. The summed E-state index contributed by atoms with van der Waals surface area (Å²) in [5, 5.41) is 0. The van der Waals surface area contributed by atoms with E-state index < -0.39 is 0 Å². The standard InChI is InChI=1S/C22H22S/c1-14-8-5-9-15(2)20(14)18-12-7-13-19(22(18)23)21-16(3)10-6-11-17(21)4/h5-13,23H,1-4H3. The monoisotopic (exact) mass is 318 g/mol. The smallest absolute Gasteiger partial charge is 0.0198 e. The van der Waals surface area contributed by atoms with Crippen molar-refractivity contribution in [2.45, 2.75) is 32.6 Å². The van der Waals surface area contributed by atoms with Crippen molar-refractivity contribution >= 4 is 12.6 Å². The van der Waals surface area contributed by atoms with Crippen molar-refractivity contribution in [3.05, 3.63) is 76.9 Å². The van der Waals surface area contributed by atoms with Crippen LogP contribution in [0.15, 0.2) is 59.5 Å². The van der Waals surface area contributed by atoms with Crippen LogP contribution < -0.4 is 0 Å². The first-order chi connectivity index (χ1) is 11.0. The van der Waals surface area contributed by atoms with Gasteiger partial charge in [0.25, 0.3) is 0 Å². The van der Waals surface area contributed by atoms with Crippen molar-refractivity contribution < 1.29 is 0 Å². The van der Waals surface area contributed by atoms with E-state index in [1.807, 2.05) is 0 Å². The topological polar surface area (TPSA) is 0 Å². The second-order valence-electron chi connectivity index (χ2n) is 6.24. The van der Waals surface area contributed by atoms with Crippen LogP contribution in [0, 0.1) is 27.7 Å². The van der Waals surface area contributed by atoms with E-state index in [1.54, 1.807) is 0 Å². The zero-order valence-corrected chi connectivity index (χ0v) is 15.0. The molecule has 0 amide bonds. The van der Waals surface area contributed by atoms with Crippen molar-refractivity contribution in [1.29, 1.82) is 0 Å². The molecule has 3 aromatic carbocycles. The van der Waals surface area contributed by atoms with E-state index in [9.17, 15) is 0 Å². The van der Waals surface area contributed by atoms with Gasteiger partial charge in [-0.15, -0.1) is 12.6 Å². The van der Waals surface area contributed by atoms with E-state index >= 15 is 0 Å². The number of aryl methyl sites for hydroxylation is 4. The molecule has 0 aliphatic rings. The zero-order chi connectivity index (χ0) is 16.6. The molecule has 0 aliphatic heterocycles. The third-order valence-electron chi connectivity index (χ3n) is 4.54. The highest BCUT2D eigenvalue weighted by Gasteiger charge is 2.14. The van der Waals surface area contributed by atoms with Crippen LogP contribution in [0.2, 0.25) is 0 Å². The second-order valence-corrected chi connectivity index (χ2v) is 6.68. The number of benzene rings is 3. The largest absolute Gasteiger partial charge is 0.142 e. The Morgan fingerprint density at radius 1 is 0.522 bits per heavy atom. The van der Waals surface area contributed by atoms with E-state index in [0.29, 0.717) is 0 Å². The highest BCUT2D eigenvalue weighted by Crippen LogP contribution is 2.39. The van der Waals surface area contributed by atoms with Crippen LogP contribution >= 0.6 is 12.6 Å². The van der Waals surface area contributed by atoms with Crippen molar-refractivity contribution in [3.63, 3.8) is 0 Å². The van der Waals surface area contributed by atoms with Crippen molar-refractivity contribution in [2.24, 2.45) is 0 Å². The molecule has 0 unspecified atom stereocenters. The van der Waals surface area contributed by atoms with Gasteiger partial charge < -0.3 is 0 Å². The Labute approximate surface area is 144 Å². The minimum Gasteiger partial charge on any atom is -0.142 e. The normalized spacial score (nSPS) is 10.8. The molecule has 0 bridgehead atoms. The molecule has 0 spiro atoms. The van der Waals surface area contributed by atoms with Gasteiger partial charge in [-0.05, 0) is 72.2 Å². The summed E-state index contributed by atoms with van der Waals surface area (Å²) >= 11 is 4.92. The molecule has 0 heterocycles. The van der Waals surface area contributed by atoms with E-state index in [0.717, 1.165) is 4.90 Å². The zero-order valence-electron chi connectivity index (χ0n) is 14.1. The molecule has 116 valence electrons. The van der Waals surface area contributed by atoms with Crippen LogP contribution in [0.5, 0.6) is 0 Å². The quantitative estimate of drug-likeness (QED) is 0.509. The van der Waals surface area contributed by atoms with Gasteiger partial charge >= 0.3 is 0 Å². The van der Waals surface area contributed by atoms with Gasteiger partial charge in [-0.3, -0.25) is 0 Å². The van der Waals surface area contributed by atoms with Gasteiger partial charge in [0.1, 0.15) is 0 Å². The average molecular weight is 318 g/mol. The second kappa shape index (κ2) is 6.25. The lowest BCUT2D eigenvalue weighted by atomic mass is 9.90. The van der Waals surface area contributed by atoms with Crippen LogP contribution in [0.4, 0.5) is 0 Å². The Hall–Kier alpha value is -1.99. The highest BCUT2D eigenvalue weighted by molar-refractivity contribution is 7.80. The van der Waals surface area contributed by atoms with Crippen molar-refractivity contribution in [1.82, 2.24) is 0 Å². The SMILES string of the molecule is Cc1cccc(C)c1-c1cccc(-c2c(C)cccc2C)c1S. The van der Waals surface area contributed by atoms with Gasteiger partial charge in [-0.1, -0.05) is 54.6 Å². The first-order valence-electron chi connectivity index (χ1n) is 7.96. The van der Waals surface area contributed by atoms with Crippen molar-refractivity contribution in [3.8, 4) is 22.3 Å². The lowest BCUT2D eigenvalue weighted by molar-refractivity contribution is 1.32. The van der Waals surface area contributed by atoms with Crippen LogP contribution in [-0.4, -0.2) is 0 Å². The lowest BCUT2D eigenvalue weighted by Crippen LogP contribution is -1.93. The summed E-state index contributed by atoms with van der Waals surface area (Å²) in [5.74, 6) is 0. The summed E-state index contributed by atoms with van der Waals surface area (Å²) in [6.45, 7) is 8.67. The van der Waals surface area contributed by atoms with Gasteiger partial charge in [-0.25, -0.2) is 0 Å². The fraction of sp³-hybridized carbons (Fsp3) is 0.182. The Morgan fingerprint density at radius 2 is 0.826 bits per heavy atom. The minimum absolute atomic E-state index is 1.06. The molecule has 23 heavy (non-hydrogen) atoms. The maximum atomic E-state index is 4.92. The molecule has 3 aromatic rings. The van der Waals surface area contributed by atoms with E-state index in [-0.39, 0.29) is 0 Å². The van der Waals surface area contributed by atoms with Gasteiger partial charge in [-0.2, -0.15) is 0 Å². The van der Waals surface area contributed by atoms with Crippen LogP contribution in [0.3, 0.4) is 0 Å². The fourth-order valence-electron chi connectivity index (χ4n) is 3.43. The van der Waals surface area contributed by atoms with Gasteiger partial charge in [0.05, 0.1) is 0 Å². The van der Waals surface area contributed by atoms with Crippen LogP contribution in [0.1, 0.15) is 22.3 Å². The Balaban J connectivity index is 2.29. The average Bonchev–Trinajstić information content (AvgIpc) is 2.50. The molecule has 0 fully saturated rings. The summed E-state index contributed by atoms with van der Waals surface area (Å²) < 4.78 is 0. The number of rotatable bonds is 2. The maximum Gasteiger partial charge on any atom is 0.0198 e. The lowest BCUT2D eigenvalue weighted by Gasteiger charge is -2.17. The third kappa shape index (κ3) is 2.82. The van der Waals surface area contributed by atoms with Gasteiger partial charge in [0.15, 0.2) is 0 Å². The summed E-state index contributed by atoms with van der Waals surface area (Å²) in [6.07, 6.45) is 0. The number of hydrogen-bond donors (Lipinski definition) is 1. The fourth-order valence-corrected chi connectivity index (χ4v) is 3.80. The summed E-state index contributed by atoms with van der Waals surface area (Å²) in [6, 6.07) is 19.4. The Morgan fingerprint density at radius 3 is 1.17 bits per heavy atom. The molecule has 0 saturated heterocycles. The maximum absolute atomic E-state index is 4.92. The highest BCUT2D eigenvalue weighted by atomic mass is 32.1. The molecule has 1 heteroatoms. The Bertz CT molecular complexity index is 765. The molecular formula is C22H22S. The Kier molecular flexibility index (Phi) is 4.32. The first-order valence-corrected chi connectivity index (χ1v) is 8.40. The molecule has 3 rings (SSSR count).